The number of benzene rings is 1. The van der Waals surface area contributed by atoms with Crippen LogP contribution in [0.1, 0.15) is 29.3 Å². The first-order valence-electron chi connectivity index (χ1n) is 6.42. The van der Waals surface area contributed by atoms with E-state index in [4.69, 9.17) is 5.73 Å². The maximum absolute atomic E-state index is 11.8. The lowest BCUT2D eigenvalue weighted by atomic mass is 10.1. The van der Waals surface area contributed by atoms with Crippen LogP contribution >= 0.6 is 0 Å². The quantitative estimate of drug-likeness (QED) is 0.629. The molecule has 2 amide bonds. The smallest absolute Gasteiger partial charge is 0.251 e. The third-order valence-electron chi connectivity index (χ3n) is 2.87. The molecule has 5 nitrogen and oxygen atoms in total. The Morgan fingerprint density at radius 2 is 1.84 bits per heavy atom. The number of primary amides is 1. The summed E-state index contributed by atoms with van der Waals surface area (Å²) in [4.78, 5) is 22.8. The summed E-state index contributed by atoms with van der Waals surface area (Å²) in [6.45, 7) is 4.82. The molecule has 0 bridgehead atoms. The summed E-state index contributed by atoms with van der Waals surface area (Å²) in [6, 6.07) is 7.03. The van der Waals surface area contributed by atoms with Crippen LogP contribution in [0.4, 0.5) is 0 Å². The summed E-state index contributed by atoms with van der Waals surface area (Å²) < 4.78 is 0. The van der Waals surface area contributed by atoms with Gasteiger partial charge < -0.3 is 16.4 Å². The lowest BCUT2D eigenvalue weighted by Crippen LogP contribution is -2.44. The molecule has 0 heterocycles. The highest BCUT2D eigenvalue weighted by Gasteiger charge is 2.11. The van der Waals surface area contributed by atoms with Crippen molar-refractivity contribution >= 4 is 11.8 Å². The highest BCUT2D eigenvalue weighted by atomic mass is 16.2. The fraction of sp³-hybridized carbons (Fsp3) is 0.429. The van der Waals surface area contributed by atoms with Gasteiger partial charge in [-0.25, -0.2) is 0 Å². The first-order valence-corrected chi connectivity index (χ1v) is 6.42. The fourth-order valence-electron chi connectivity index (χ4n) is 1.68. The Bertz CT molecular complexity index is 429. The Morgan fingerprint density at radius 1 is 1.21 bits per heavy atom. The van der Waals surface area contributed by atoms with Crippen LogP contribution in [-0.4, -0.2) is 30.9 Å². The highest BCUT2D eigenvalue weighted by Crippen LogP contribution is 2.02. The van der Waals surface area contributed by atoms with Crippen molar-refractivity contribution in [3.63, 3.8) is 0 Å². The summed E-state index contributed by atoms with van der Waals surface area (Å²) in [7, 11) is 0. The number of nitrogens with one attached hydrogen (secondary N) is 2. The largest absolute Gasteiger partial charge is 0.368 e. The Hall–Kier alpha value is -1.88. The summed E-state index contributed by atoms with van der Waals surface area (Å²) in [5.41, 5.74) is 6.95. The van der Waals surface area contributed by atoms with Crippen molar-refractivity contribution in [3.05, 3.63) is 35.4 Å². The molecule has 5 heteroatoms. The Kier molecular flexibility index (Phi) is 6.02. The number of amides is 2. The fourth-order valence-corrected chi connectivity index (χ4v) is 1.68. The molecular formula is C14H21N3O2. The molecule has 0 fully saturated rings. The number of aryl methyl sites for hydroxylation is 1. The van der Waals surface area contributed by atoms with Crippen LogP contribution in [0, 0.1) is 6.92 Å². The van der Waals surface area contributed by atoms with Crippen LogP contribution in [0.2, 0.25) is 0 Å². The molecule has 0 aliphatic rings. The van der Waals surface area contributed by atoms with E-state index >= 15 is 0 Å². The van der Waals surface area contributed by atoms with E-state index in [1.54, 1.807) is 12.1 Å². The number of carbonyl (C=O) groups excluding carboxylic acids is 2. The van der Waals surface area contributed by atoms with Crippen molar-refractivity contribution < 1.29 is 9.59 Å². The van der Waals surface area contributed by atoms with Gasteiger partial charge in [-0.3, -0.25) is 9.59 Å². The number of nitrogens with two attached hydrogens (primary N) is 1. The molecule has 19 heavy (non-hydrogen) atoms. The molecule has 0 aliphatic heterocycles. The van der Waals surface area contributed by atoms with Gasteiger partial charge in [0, 0.05) is 18.7 Å². The second-order valence-corrected chi connectivity index (χ2v) is 4.44. The van der Waals surface area contributed by atoms with Crippen LogP contribution in [0.15, 0.2) is 24.3 Å². The monoisotopic (exact) mass is 263 g/mol. The second-order valence-electron chi connectivity index (χ2n) is 4.44. The third kappa shape index (κ3) is 5.09. The average molecular weight is 263 g/mol. The molecule has 0 saturated heterocycles. The van der Waals surface area contributed by atoms with Gasteiger partial charge in [0.25, 0.3) is 5.91 Å². The van der Waals surface area contributed by atoms with Crippen LogP contribution in [0.25, 0.3) is 0 Å². The molecule has 0 radical (unpaired) electrons. The summed E-state index contributed by atoms with van der Waals surface area (Å²) in [6.07, 6.45) is 0.640. The van der Waals surface area contributed by atoms with E-state index in [1.165, 1.54) is 0 Å². The lowest BCUT2D eigenvalue weighted by molar-refractivity contribution is -0.120. The minimum Gasteiger partial charge on any atom is -0.368 e. The molecule has 0 spiro atoms. The van der Waals surface area contributed by atoms with Crippen molar-refractivity contribution in [1.82, 2.24) is 10.6 Å². The van der Waals surface area contributed by atoms with E-state index in [9.17, 15) is 9.59 Å². The molecule has 0 saturated carbocycles. The number of hydrogen-bond acceptors (Lipinski definition) is 3. The van der Waals surface area contributed by atoms with Crippen molar-refractivity contribution in [2.24, 2.45) is 5.73 Å². The van der Waals surface area contributed by atoms with Gasteiger partial charge in [-0.2, -0.15) is 0 Å². The molecule has 0 aromatic heterocycles. The van der Waals surface area contributed by atoms with Gasteiger partial charge in [-0.15, -0.1) is 0 Å². The molecule has 1 rings (SSSR count). The minimum atomic E-state index is -0.368. The number of rotatable bonds is 7. The predicted octanol–water partition coefficient (Wildman–Crippen LogP) is 0.578. The normalized spacial score (nSPS) is 11.9. The third-order valence-corrected chi connectivity index (χ3v) is 2.87. The van der Waals surface area contributed by atoms with Gasteiger partial charge in [0.15, 0.2) is 0 Å². The van der Waals surface area contributed by atoms with E-state index in [-0.39, 0.29) is 17.9 Å². The standard InChI is InChI=1S/C14H21N3O2/c1-3-12(13(15)18)16-8-9-17-14(19)11-6-4-10(2)5-7-11/h4-7,12,16H,3,8-9H2,1-2H3,(H2,15,18)(H,17,19). The minimum absolute atomic E-state index is 0.117. The molecule has 1 aromatic carbocycles. The molecule has 1 atom stereocenters. The van der Waals surface area contributed by atoms with E-state index in [2.05, 4.69) is 10.6 Å². The van der Waals surface area contributed by atoms with Crippen LogP contribution in [-0.2, 0) is 4.79 Å². The topological polar surface area (TPSA) is 84.2 Å². The SMILES string of the molecule is CCC(NCCNC(=O)c1ccc(C)cc1)C(N)=O. The Morgan fingerprint density at radius 3 is 2.37 bits per heavy atom. The van der Waals surface area contributed by atoms with Crippen molar-refractivity contribution in [1.29, 1.82) is 0 Å². The van der Waals surface area contributed by atoms with Crippen LogP contribution in [0.3, 0.4) is 0 Å². The number of carbonyl (C=O) groups is 2. The van der Waals surface area contributed by atoms with Gasteiger partial charge in [0.05, 0.1) is 6.04 Å². The van der Waals surface area contributed by atoms with Crippen LogP contribution < -0.4 is 16.4 Å². The van der Waals surface area contributed by atoms with Crippen molar-refractivity contribution in [3.8, 4) is 0 Å². The van der Waals surface area contributed by atoms with Crippen molar-refractivity contribution in [2.45, 2.75) is 26.3 Å². The molecular weight excluding hydrogens is 242 g/mol. The zero-order chi connectivity index (χ0) is 14.3. The van der Waals surface area contributed by atoms with E-state index in [0.29, 0.717) is 25.1 Å². The summed E-state index contributed by atoms with van der Waals surface area (Å²) >= 11 is 0. The highest BCUT2D eigenvalue weighted by molar-refractivity contribution is 5.94. The Balaban J connectivity index is 2.31. The molecule has 1 unspecified atom stereocenters. The number of hydrogen-bond donors (Lipinski definition) is 3. The van der Waals surface area contributed by atoms with Gasteiger partial charge in [-0.05, 0) is 25.5 Å². The summed E-state index contributed by atoms with van der Waals surface area (Å²) in [5, 5.41) is 5.78. The molecule has 0 aliphatic carbocycles. The van der Waals surface area contributed by atoms with Crippen molar-refractivity contribution in [2.75, 3.05) is 13.1 Å². The maximum Gasteiger partial charge on any atom is 0.251 e. The lowest BCUT2D eigenvalue weighted by Gasteiger charge is -2.13. The Labute approximate surface area is 113 Å². The first kappa shape index (κ1) is 15.2. The van der Waals surface area contributed by atoms with Gasteiger partial charge in [0.2, 0.25) is 5.91 Å². The first-order chi connectivity index (χ1) is 9.04. The molecule has 104 valence electrons. The van der Waals surface area contributed by atoms with Crippen LogP contribution in [0.5, 0.6) is 0 Å². The zero-order valence-corrected chi connectivity index (χ0v) is 11.4. The van der Waals surface area contributed by atoms with Gasteiger partial charge in [-0.1, -0.05) is 24.6 Å². The second kappa shape index (κ2) is 7.53. The maximum atomic E-state index is 11.8. The van der Waals surface area contributed by atoms with E-state index in [1.807, 2.05) is 26.0 Å². The van der Waals surface area contributed by atoms with E-state index < -0.39 is 0 Å². The predicted molar refractivity (Wildman–Crippen MR) is 74.8 cm³/mol. The van der Waals surface area contributed by atoms with Gasteiger partial charge >= 0.3 is 0 Å². The zero-order valence-electron chi connectivity index (χ0n) is 11.4. The molecule has 4 N–H and O–H groups in total. The molecule has 1 aromatic rings. The summed E-state index contributed by atoms with van der Waals surface area (Å²) in [5.74, 6) is -0.485. The average Bonchev–Trinajstić information content (AvgIpc) is 2.38. The van der Waals surface area contributed by atoms with E-state index in [0.717, 1.165) is 5.56 Å². The van der Waals surface area contributed by atoms with Gasteiger partial charge in [0.1, 0.15) is 0 Å².